The zero-order valence-electron chi connectivity index (χ0n) is 11.6. The van der Waals surface area contributed by atoms with Gasteiger partial charge in [-0.25, -0.2) is 0 Å². The van der Waals surface area contributed by atoms with E-state index in [0.29, 0.717) is 6.61 Å². The van der Waals surface area contributed by atoms with Crippen LogP contribution < -0.4 is 4.74 Å². The lowest BCUT2D eigenvalue weighted by Crippen LogP contribution is -2.37. The van der Waals surface area contributed by atoms with Gasteiger partial charge in [-0.3, -0.25) is 10.1 Å². The minimum absolute atomic E-state index is 0.00420. The van der Waals surface area contributed by atoms with Gasteiger partial charge < -0.3 is 19.3 Å². The quantitative estimate of drug-likeness (QED) is 0.673. The molecule has 0 aliphatic carbocycles. The molecular formula is C13H17NO6. The molecule has 1 aromatic rings. The Labute approximate surface area is 116 Å². The molecule has 1 aliphatic rings. The van der Waals surface area contributed by atoms with Crippen molar-refractivity contribution >= 4 is 5.69 Å². The molecule has 2 rings (SSSR count). The van der Waals surface area contributed by atoms with Crippen molar-refractivity contribution in [3.8, 4) is 11.5 Å². The third kappa shape index (κ3) is 3.17. The molecule has 0 saturated carbocycles. The molecular weight excluding hydrogens is 266 g/mol. The largest absolute Gasteiger partial charge is 0.508 e. The zero-order valence-corrected chi connectivity index (χ0v) is 11.6. The number of nitro groups is 1. The van der Waals surface area contributed by atoms with Crippen molar-refractivity contribution in [1.82, 2.24) is 0 Å². The van der Waals surface area contributed by atoms with E-state index in [1.165, 1.54) is 18.2 Å². The Kier molecular flexibility index (Phi) is 3.58. The third-order valence-corrected chi connectivity index (χ3v) is 2.89. The molecule has 7 nitrogen and oxygen atoms in total. The molecule has 110 valence electrons. The highest BCUT2D eigenvalue weighted by atomic mass is 16.8. The maximum absolute atomic E-state index is 10.9. The number of nitrogens with zero attached hydrogens (tertiary/aromatic N) is 1. The van der Waals surface area contributed by atoms with Gasteiger partial charge in [0, 0.05) is 12.1 Å². The Morgan fingerprint density at radius 1 is 1.45 bits per heavy atom. The molecule has 0 spiro atoms. The molecule has 7 heteroatoms. The number of rotatable bonds is 4. The van der Waals surface area contributed by atoms with Gasteiger partial charge in [0.1, 0.15) is 18.0 Å². The standard InChI is InChI=1S/C13H17NO6/c1-12(2)19-8-13(3,20-12)7-18-11-6-9(15)4-5-10(11)14(16)17/h4-6,15H,7-8H2,1-3H3/t13-/m0/s1. The van der Waals surface area contributed by atoms with Crippen LogP contribution in [0.5, 0.6) is 11.5 Å². The summed E-state index contributed by atoms with van der Waals surface area (Å²) in [6.07, 6.45) is 0. The summed E-state index contributed by atoms with van der Waals surface area (Å²) in [4.78, 5) is 10.3. The van der Waals surface area contributed by atoms with Crippen molar-refractivity contribution in [2.45, 2.75) is 32.2 Å². The van der Waals surface area contributed by atoms with Gasteiger partial charge >= 0.3 is 5.69 Å². The number of ether oxygens (including phenoxy) is 3. The molecule has 0 aromatic heterocycles. The molecule has 20 heavy (non-hydrogen) atoms. The van der Waals surface area contributed by atoms with E-state index in [-0.39, 0.29) is 23.8 Å². The third-order valence-electron chi connectivity index (χ3n) is 2.89. The number of benzene rings is 1. The summed E-state index contributed by atoms with van der Waals surface area (Å²) < 4.78 is 16.6. The van der Waals surface area contributed by atoms with Crippen LogP contribution in [-0.2, 0) is 9.47 Å². The van der Waals surface area contributed by atoms with E-state index in [0.717, 1.165) is 0 Å². The first-order valence-corrected chi connectivity index (χ1v) is 6.15. The lowest BCUT2D eigenvalue weighted by atomic mass is 10.1. The van der Waals surface area contributed by atoms with Gasteiger partial charge in [-0.15, -0.1) is 0 Å². The highest BCUT2D eigenvalue weighted by Crippen LogP contribution is 2.34. The number of hydrogen-bond donors (Lipinski definition) is 1. The SMILES string of the molecule is CC1(C)OC[C@](C)(COc2cc(O)ccc2[N+](=O)[O-])O1. The summed E-state index contributed by atoms with van der Waals surface area (Å²) in [6.45, 7) is 5.79. The van der Waals surface area contributed by atoms with Crippen molar-refractivity contribution in [3.63, 3.8) is 0 Å². The molecule has 1 aromatic carbocycles. The Morgan fingerprint density at radius 2 is 2.15 bits per heavy atom. The first-order valence-electron chi connectivity index (χ1n) is 6.15. The summed E-state index contributed by atoms with van der Waals surface area (Å²) in [7, 11) is 0. The van der Waals surface area contributed by atoms with E-state index in [9.17, 15) is 15.2 Å². The summed E-state index contributed by atoms with van der Waals surface area (Å²) in [5, 5.41) is 20.3. The lowest BCUT2D eigenvalue weighted by Gasteiger charge is -2.25. The van der Waals surface area contributed by atoms with E-state index < -0.39 is 16.3 Å². The normalized spacial score (nSPS) is 24.6. The van der Waals surface area contributed by atoms with Crippen LogP contribution in [0, 0.1) is 10.1 Å². The minimum Gasteiger partial charge on any atom is -0.508 e. The molecule has 0 bridgehead atoms. The topological polar surface area (TPSA) is 91.1 Å². The number of phenolic OH excluding ortho intramolecular Hbond substituents is 1. The van der Waals surface area contributed by atoms with Crippen LogP contribution in [0.15, 0.2) is 18.2 Å². The number of nitro benzene ring substituents is 1. The van der Waals surface area contributed by atoms with E-state index in [1.54, 1.807) is 20.8 Å². The molecule has 0 radical (unpaired) electrons. The van der Waals surface area contributed by atoms with E-state index in [4.69, 9.17) is 14.2 Å². The van der Waals surface area contributed by atoms with E-state index in [1.807, 2.05) is 0 Å². The van der Waals surface area contributed by atoms with Gasteiger partial charge in [0.25, 0.3) is 0 Å². The molecule has 1 fully saturated rings. The van der Waals surface area contributed by atoms with Crippen LogP contribution in [0.1, 0.15) is 20.8 Å². The van der Waals surface area contributed by atoms with Crippen molar-refractivity contribution in [2.75, 3.05) is 13.2 Å². The average molecular weight is 283 g/mol. The molecule has 0 unspecified atom stereocenters. The Bertz CT molecular complexity index is 530. The fourth-order valence-corrected chi connectivity index (χ4v) is 2.05. The van der Waals surface area contributed by atoms with Crippen LogP contribution >= 0.6 is 0 Å². The second-order valence-corrected chi connectivity index (χ2v) is 5.44. The fraction of sp³-hybridized carbons (Fsp3) is 0.538. The first kappa shape index (κ1) is 14.5. The highest BCUT2D eigenvalue weighted by Gasteiger charge is 2.42. The summed E-state index contributed by atoms with van der Waals surface area (Å²) >= 11 is 0. The fourth-order valence-electron chi connectivity index (χ4n) is 2.05. The number of phenols is 1. The highest BCUT2D eigenvalue weighted by molar-refractivity contribution is 5.50. The second kappa shape index (κ2) is 4.92. The van der Waals surface area contributed by atoms with Gasteiger partial charge in [-0.2, -0.15) is 0 Å². The van der Waals surface area contributed by atoms with E-state index >= 15 is 0 Å². The Morgan fingerprint density at radius 3 is 2.70 bits per heavy atom. The van der Waals surface area contributed by atoms with Crippen LogP contribution in [0.4, 0.5) is 5.69 Å². The van der Waals surface area contributed by atoms with Crippen LogP contribution in [-0.4, -0.2) is 34.6 Å². The molecule has 1 atom stereocenters. The predicted octanol–water partition coefficient (Wildman–Crippen LogP) is 2.22. The van der Waals surface area contributed by atoms with Crippen LogP contribution in [0.3, 0.4) is 0 Å². The molecule has 1 N–H and O–H groups in total. The Hall–Kier alpha value is -1.86. The van der Waals surface area contributed by atoms with Crippen molar-refractivity contribution in [3.05, 3.63) is 28.3 Å². The minimum atomic E-state index is -0.705. The van der Waals surface area contributed by atoms with Gasteiger partial charge in [-0.05, 0) is 26.8 Å². The number of hydrogen-bond acceptors (Lipinski definition) is 6. The summed E-state index contributed by atoms with van der Waals surface area (Å²) in [5.74, 6) is -0.799. The zero-order chi connectivity index (χ0) is 15.0. The van der Waals surface area contributed by atoms with Gasteiger partial charge in [0.2, 0.25) is 5.75 Å². The van der Waals surface area contributed by atoms with Gasteiger partial charge in [0.05, 0.1) is 11.5 Å². The van der Waals surface area contributed by atoms with E-state index in [2.05, 4.69) is 0 Å². The predicted molar refractivity (Wildman–Crippen MR) is 69.8 cm³/mol. The molecule has 1 heterocycles. The number of aromatic hydroxyl groups is 1. The van der Waals surface area contributed by atoms with Crippen molar-refractivity contribution in [1.29, 1.82) is 0 Å². The molecule has 0 amide bonds. The molecule has 1 aliphatic heterocycles. The van der Waals surface area contributed by atoms with Crippen molar-refractivity contribution < 1.29 is 24.2 Å². The van der Waals surface area contributed by atoms with Crippen LogP contribution in [0.25, 0.3) is 0 Å². The average Bonchev–Trinajstić information content (AvgIpc) is 2.61. The Balaban J connectivity index is 2.11. The first-order chi connectivity index (χ1) is 9.21. The summed E-state index contributed by atoms with van der Waals surface area (Å²) in [6, 6.07) is 3.65. The van der Waals surface area contributed by atoms with Gasteiger partial charge in [-0.1, -0.05) is 0 Å². The van der Waals surface area contributed by atoms with Gasteiger partial charge in [0.15, 0.2) is 5.79 Å². The lowest BCUT2D eigenvalue weighted by molar-refractivity contribution is -0.386. The second-order valence-electron chi connectivity index (χ2n) is 5.44. The maximum atomic E-state index is 10.9. The smallest absolute Gasteiger partial charge is 0.311 e. The summed E-state index contributed by atoms with van der Waals surface area (Å²) in [5.41, 5.74) is -0.896. The van der Waals surface area contributed by atoms with Crippen LogP contribution in [0.2, 0.25) is 0 Å². The monoisotopic (exact) mass is 283 g/mol. The maximum Gasteiger partial charge on any atom is 0.311 e. The molecule has 1 saturated heterocycles. The van der Waals surface area contributed by atoms with Crippen molar-refractivity contribution in [2.24, 2.45) is 0 Å².